The molecule has 6 heteroatoms. The van der Waals surface area contributed by atoms with Crippen molar-refractivity contribution in [3.05, 3.63) is 24.2 Å². The van der Waals surface area contributed by atoms with Crippen LogP contribution in [0, 0.1) is 0 Å². The number of rotatable bonds is 6. The van der Waals surface area contributed by atoms with Crippen molar-refractivity contribution in [1.82, 2.24) is 15.1 Å². The molecule has 2 amide bonds. The summed E-state index contributed by atoms with van der Waals surface area (Å²) in [7, 11) is 0. The Kier molecular flexibility index (Phi) is 6.00. The van der Waals surface area contributed by atoms with E-state index in [0.29, 0.717) is 50.9 Å². The summed E-state index contributed by atoms with van der Waals surface area (Å²) < 4.78 is 5.13. The summed E-state index contributed by atoms with van der Waals surface area (Å²) in [5, 5.41) is 3.32. The predicted octanol–water partition coefficient (Wildman–Crippen LogP) is 1.34. The highest BCUT2D eigenvalue weighted by molar-refractivity contribution is 5.91. The van der Waals surface area contributed by atoms with Crippen LogP contribution in [-0.4, -0.2) is 60.4 Å². The average Bonchev–Trinajstić information content (AvgIpc) is 3.08. The monoisotopic (exact) mass is 307 g/mol. The summed E-state index contributed by atoms with van der Waals surface area (Å²) in [5.74, 6) is 0.411. The summed E-state index contributed by atoms with van der Waals surface area (Å²) in [6.45, 7) is 7.25. The minimum absolute atomic E-state index is 0.101. The van der Waals surface area contributed by atoms with Crippen LogP contribution in [0.15, 0.2) is 22.8 Å². The number of hydrogen-bond donors (Lipinski definition) is 1. The van der Waals surface area contributed by atoms with Crippen molar-refractivity contribution in [2.75, 3.05) is 32.7 Å². The topological polar surface area (TPSA) is 65.8 Å². The van der Waals surface area contributed by atoms with Crippen molar-refractivity contribution in [1.29, 1.82) is 0 Å². The smallest absolute Gasteiger partial charge is 0.289 e. The standard InChI is InChI=1S/C16H25N3O3/c1-3-13(2)17-7-6-15(20)18-8-10-19(11-9-18)16(21)14-5-4-12-22-14/h4-5,12-13,17H,3,6-11H2,1-2H3. The van der Waals surface area contributed by atoms with Crippen molar-refractivity contribution < 1.29 is 14.0 Å². The Morgan fingerprint density at radius 2 is 1.95 bits per heavy atom. The van der Waals surface area contributed by atoms with E-state index in [-0.39, 0.29) is 11.8 Å². The van der Waals surface area contributed by atoms with E-state index in [4.69, 9.17) is 4.42 Å². The van der Waals surface area contributed by atoms with Crippen LogP contribution in [0.4, 0.5) is 0 Å². The van der Waals surface area contributed by atoms with Crippen LogP contribution in [0.5, 0.6) is 0 Å². The van der Waals surface area contributed by atoms with Crippen molar-refractivity contribution >= 4 is 11.8 Å². The molecule has 1 aliphatic rings. The Morgan fingerprint density at radius 3 is 2.55 bits per heavy atom. The van der Waals surface area contributed by atoms with Gasteiger partial charge in [0.15, 0.2) is 5.76 Å². The number of nitrogens with zero attached hydrogens (tertiary/aromatic N) is 2. The summed E-state index contributed by atoms with van der Waals surface area (Å²) in [6.07, 6.45) is 3.07. The van der Waals surface area contributed by atoms with Gasteiger partial charge >= 0.3 is 0 Å². The first-order valence-corrected chi connectivity index (χ1v) is 7.95. The molecule has 122 valence electrons. The van der Waals surface area contributed by atoms with Crippen LogP contribution in [0.3, 0.4) is 0 Å². The lowest BCUT2D eigenvalue weighted by atomic mass is 10.2. The van der Waals surface area contributed by atoms with Gasteiger partial charge in [0, 0.05) is 45.2 Å². The van der Waals surface area contributed by atoms with Crippen molar-refractivity contribution in [3.8, 4) is 0 Å². The Labute approximate surface area is 131 Å². The summed E-state index contributed by atoms with van der Waals surface area (Å²) in [6, 6.07) is 3.81. The zero-order chi connectivity index (χ0) is 15.9. The number of carbonyl (C=O) groups is 2. The molecule has 1 atom stereocenters. The number of amides is 2. The van der Waals surface area contributed by atoms with E-state index in [9.17, 15) is 9.59 Å². The van der Waals surface area contributed by atoms with Crippen molar-refractivity contribution in [2.24, 2.45) is 0 Å². The second-order valence-electron chi connectivity index (χ2n) is 5.66. The predicted molar refractivity (Wildman–Crippen MR) is 83.6 cm³/mol. The number of carbonyl (C=O) groups excluding carboxylic acids is 2. The molecule has 2 heterocycles. The summed E-state index contributed by atoms with van der Waals surface area (Å²) >= 11 is 0. The molecule has 1 fully saturated rings. The molecule has 0 saturated carbocycles. The molecule has 0 bridgehead atoms. The molecule has 0 radical (unpaired) electrons. The SMILES string of the molecule is CCC(C)NCCC(=O)N1CCN(C(=O)c2ccco2)CC1. The molecule has 1 aromatic heterocycles. The third-order valence-electron chi connectivity index (χ3n) is 4.10. The zero-order valence-electron chi connectivity index (χ0n) is 13.4. The molecular formula is C16H25N3O3. The zero-order valence-corrected chi connectivity index (χ0v) is 13.4. The second-order valence-corrected chi connectivity index (χ2v) is 5.66. The van der Waals surface area contributed by atoms with Gasteiger partial charge < -0.3 is 19.5 Å². The molecule has 1 unspecified atom stereocenters. The van der Waals surface area contributed by atoms with Crippen LogP contribution in [-0.2, 0) is 4.79 Å². The van der Waals surface area contributed by atoms with E-state index < -0.39 is 0 Å². The molecule has 6 nitrogen and oxygen atoms in total. The maximum Gasteiger partial charge on any atom is 0.289 e. The van der Waals surface area contributed by atoms with Gasteiger partial charge in [0.2, 0.25) is 5.91 Å². The number of piperazine rings is 1. The Morgan fingerprint density at radius 1 is 1.27 bits per heavy atom. The van der Waals surface area contributed by atoms with Crippen LogP contribution in [0.1, 0.15) is 37.2 Å². The minimum Gasteiger partial charge on any atom is -0.459 e. The Hall–Kier alpha value is -1.82. The lowest BCUT2D eigenvalue weighted by Crippen LogP contribution is -2.51. The normalized spacial score (nSPS) is 16.6. The maximum absolute atomic E-state index is 12.1. The fraction of sp³-hybridized carbons (Fsp3) is 0.625. The van der Waals surface area contributed by atoms with Gasteiger partial charge in [0.05, 0.1) is 6.26 Å². The molecule has 1 aromatic rings. The third kappa shape index (κ3) is 4.34. The molecular weight excluding hydrogens is 282 g/mol. The van der Waals surface area contributed by atoms with E-state index >= 15 is 0 Å². The number of furan rings is 1. The van der Waals surface area contributed by atoms with Gasteiger partial charge in [0.25, 0.3) is 5.91 Å². The summed E-state index contributed by atoms with van der Waals surface area (Å²) in [4.78, 5) is 27.8. The van der Waals surface area contributed by atoms with E-state index in [1.807, 2.05) is 4.90 Å². The quantitative estimate of drug-likeness (QED) is 0.861. The van der Waals surface area contributed by atoms with Crippen LogP contribution >= 0.6 is 0 Å². The second kappa shape index (κ2) is 7.98. The fourth-order valence-corrected chi connectivity index (χ4v) is 2.44. The Balaban J connectivity index is 1.72. The van der Waals surface area contributed by atoms with Gasteiger partial charge in [-0.15, -0.1) is 0 Å². The molecule has 1 N–H and O–H groups in total. The van der Waals surface area contributed by atoms with E-state index in [1.165, 1.54) is 6.26 Å². The van der Waals surface area contributed by atoms with E-state index in [2.05, 4.69) is 19.2 Å². The van der Waals surface area contributed by atoms with E-state index in [0.717, 1.165) is 6.42 Å². The van der Waals surface area contributed by atoms with Crippen LogP contribution in [0.2, 0.25) is 0 Å². The highest BCUT2D eigenvalue weighted by atomic mass is 16.3. The first kappa shape index (κ1) is 16.5. The first-order valence-electron chi connectivity index (χ1n) is 7.95. The third-order valence-corrected chi connectivity index (χ3v) is 4.10. The molecule has 1 aliphatic heterocycles. The van der Waals surface area contributed by atoms with Gasteiger partial charge in [-0.25, -0.2) is 0 Å². The molecule has 0 aromatic carbocycles. The van der Waals surface area contributed by atoms with Gasteiger partial charge in [-0.05, 0) is 25.5 Å². The number of nitrogens with one attached hydrogen (secondary N) is 1. The lowest BCUT2D eigenvalue weighted by molar-refractivity contribution is -0.132. The van der Waals surface area contributed by atoms with Crippen molar-refractivity contribution in [3.63, 3.8) is 0 Å². The van der Waals surface area contributed by atoms with Gasteiger partial charge in [-0.1, -0.05) is 6.92 Å². The van der Waals surface area contributed by atoms with Gasteiger partial charge in [-0.2, -0.15) is 0 Å². The largest absolute Gasteiger partial charge is 0.459 e. The lowest BCUT2D eigenvalue weighted by Gasteiger charge is -2.34. The van der Waals surface area contributed by atoms with Gasteiger partial charge in [0.1, 0.15) is 0 Å². The highest BCUT2D eigenvalue weighted by Crippen LogP contribution is 2.10. The average molecular weight is 307 g/mol. The van der Waals surface area contributed by atoms with Crippen LogP contribution < -0.4 is 5.32 Å². The maximum atomic E-state index is 12.1. The highest BCUT2D eigenvalue weighted by Gasteiger charge is 2.25. The molecule has 0 spiro atoms. The summed E-state index contributed by atoms with van der Waals surface area (Å²) in [5.41, 5.74) is 0. The molecule has 2 rings (SSSR count). The van der Waals surface area contributed by atoms with Crippen LogP contribution in [0.25, 0.3) is 0 Å². The minimum atomic E-state index is -0.101. The molecule has 0 aliphatic carbocycles. The fourth-order valence-electron chi connectivity index (χ4n) is 2.44. The molecule has 22 heavy (non-hydrogen) atoms. The number of hydrogen-bond acceptors (Lipinski definition) is 4. The first-order chi connectivity index (χ1) is 10.6. The van der Waals surface area contributed by atoms with Gasteiger partial charge in [-0.3, -0.25) is 9.59 Å². The Bertz CT molecular complexity index is 479. The van der Waals surface area contributed by atoms with E-state index in [1.54, 1.807) is 17.0 Å². The molecule has 1 saturated heterocycles. The van der Waals surface area contributed by atoms with Crippen molar-refractivity contribution in [2.45, 2.75) is 32.7 Å².